The van der Waals surface area contributed by atoms with Crippen LogP contribution in [0.4, 0.5) is 23.2 Å². The highest BCUT2D eigenvalue weighted by molar-refractivity contribution is 5.81. The molecule has 8 rings (SSSR count). The van der Waals surface area contributed by atoms with Crippen molar-refractivity contribution < 1.29 is 26.7 Å². The fraction of sp³-hybridized carbons (Fsp3) is 0.311. The summed E-state index contributed by atoms with van der Waals surface area (Å²) in [4.78, 5) is 18.2. The molecule has 0 spiro atoms. The Morgan fingerprint density at radius 2 is 1.41 bits per heavy atom. The van der Waals surface area contributed by atoms with E-state index in [9.17, 15) is 22.4 Å². The summed E-state index contributed by atoms with van der Waals surface area (Å²) in [6.45, 7) is 2.55. The second-order valence-corrected chi connectivity index (χ2v) is 14.8. The van der Waals surface area contributed by atoms with E-state index in [1.165, 1.54) is 12.0 Å². The average Bonchev–Trinajstić information content (AvgIpc) is 3.53. The number of nitrogens with zero attached hydrogens (tertiary/aromatic N) is 3. The van der Waals surface area contributed by atoms with Gasteiger partial charge in [0.25, 0.3) is 0 Å². The summed E-state index contributed by atoms with van der Waals surface area (Å²) in [5, 5.41) is 3.49. The number of rotatable bonds is 12. The van der Waals surface area contributed by atoms with Gasteiger partial charge in [0, 0.05) is 48.6 Å². The van der Waals surface area contributed by atoms with Gasteiger partial charge in [-0.05, 0) is 54.2 Å². The third-order valence-corrected chi connectivity index (χ3v) is 11.3. The molecule has 1 fully saturated rings. The largest absolute Gasteiger partial charge is 0.496 e. The van der Waals surface area contributed by atoms with Gasteiger partial charge in [0.2, 0.25) is 0 Å². The molecule has 7 nitrogen and oxygen atoms in total. The lowest BCUT2D eigenvalue weighted by molar-refractivity contribution is -0.155. The predicted octanol–water partition coefficient (Wildman–Crippen LogP) is 8.80. The Morgan fingerprint density at radius 1 is 0.821 bits per heavy atom. The highest BCUT2D eigenvalue weighted by Gasteiger charge is 2.45. The number of methoxy groups -OCH3 is 1. The molecule has 2 aliphatic heterocycles. The smallest absolute Gasteiger partial charge is 0.421 e. The van der Waals surface area contributed by atoms with E-state index in [2.05, 4.69) is 10.2 Å². The van der Waals surface area contributed by atoms with Gasteiger partial charge in [0.05, 0.1) is 37.9 Å². The van der Waals surface area contributed by atoms with Gasteiger partial charge in [0.1, 0.15) is 11.3 Å². The zero-order valence-electron chi connectivity index (χ0n) is 31.3. The molecule has 1 saturated heterocycles. The van der Waals surface area contributed by atoms with E-state index in [-0.39, 0.29) is 19.1 Å². The van der Waals surface area contributed by atoms with Gasteiger partial charge < -0.3 is 14.5 Å². The van der Waals surface area contributed by atoms with Crippen LogP contribution in [0.3, 0.4) is 0 Å². The summed E-state index contributed by atoms with van der Waals surface area (Å²) < 4.78 is 69.7. The van der Waals surface area contributed by atoms with Gasteiger partial charge in [-0.15, -0.1) is 0 Å². The number of hydrogen-bond donors (Lipinski definition) is 1. The molecule has 5 aromatic carbocycles. The molecule has 1 N–H and O–H groups in total. The van der Waals surface area contributed by atoms with E-state index >= 15 is 0 Å². The number of benzene rings is 5. The van der Waals surface area contributed by atoms with Gasteiger partial charge in [-0.2, -0.15) is 13.2 Å². The molecule has 0 amide bonds. The summed E-state index contributed by atoms with van der Waals surface area (Å²) in [7, 11) is 1.52. The number of halogens is 4. The molecule has 0 saturated carbocycles. The Hall–Kier alpha value is -5.39. The standard InChI is InChI=1S/C45H44F4N4O3/c1-30-25-38-36(41(52(30)29-44(47,48)49)37-20-19-34(26-40(37)55-2)50-35-27-51(28-35)24-12-23-46)21-22-39-42(38)56-43(54)53(39)45(31-13-6-3-7-14-31,32-15-8-4-9-16-32)33-17-10-5-11-18-33/h3-11,13-22,26,30,35,41,50H,12,23-25,27-29H2,1-2H3/t30-,41+/m1/s1. The third kappa shape index (κ3) is 6.77. The fourth-order valence-electron chi connectivity index (χ4n) is 8.90. The molecule has 290 valence electrons. The van der Waals surface area contributed by atoms with Crippen LogP contribution in [-0.2, 0) is 12.0 Å². The minimum atomic E-state index is -4.47. The normalized spacial score (nSPS) is 18.1. The molecule has 0 unspecified atom stereocenters. The van der Waals surface area contributed by atoms with Crippen molar-refractivity contribution in [1.29, 1.82) is 0 Å². The molecule has 3 heterocycles. The van der Waals surface area contributed by atoms with Crippen molar-refractivity contribution in [2.75, 3.05) is 45.3 Å². The van der Waals surface area contributed by atoms with Crippen molar-refractivity contribution in [3.8, 4) is 5.75 Å². The quantitative estimate of drug-likeness (QED) is 0.0994. The number of anilines is 1. The van der Waals surface area contributed by atoms with Crippen LogP contribution in [0.15, 0.2) is 131 Å². The number of ether oxygens (including phenoxy) is 1. The highest BCUT2D eigenvalue weighted by atomic mass is 19.4. The number of nitrogens with one attached hydrogen (secondary N) is 1. The first-order valence-corrected chi connectivity index (χ1v) is 19.0. The summed E-state index contributed by atoms with van der Waals surface area (Å²) in [5.74, 6) is -0.143. The van der Waals surface area contributed by atoms with Crippen LogP contribution in [0.5, 0.6) is 5.75 Å². The van der Waals surface area contributed by atoms with Crippen molar-refractivity contribution in [2.24, 2.45) is 0 Å². The minimum Gasteiger partial charge on any atom is -0.496 e. The van der Waals surface area contributed by atoms with Gasteiger partial charge in [-0.1, -0.05) is 103 Å². The van der Waals surface area contributed by atoms with Gasteiger partial charge in [-0.3, -0.25) is 18.8 Å². The first-order chi connectivity index (χ1) is 27.1. The molecule has 6 aromatic rings. The zero-order valence-corrected chi connectivity index (χ0v) is 31.3. The molecule has 2 atom stereocenters. The lowest BCUT2D eigenvalue weighted by atomic mass is 9.76. The SMILES string of the molecule is COc1cc(NC2CN(CCCF)C2)ccc1[C@@H]1c2ccc3c(oc(=O)n3C(c3ccccc3)(c3ccccc3)c3ccccc3)c2C[C@@H](C)N1CC(F)(F)F. The van der Waals surface area contributed by atoms with Crippen LogP contribution in [0.1, 0.15) is 52.8 Å². The molecular weight excluding hydrogens is 721 g/mol. The van der Waals surface area contributed by atoms with Crippen molar-refractivity contribution in [3.63, 3.8) is 0 Å². The van der Waals surface area contributed by atoms with E-state index < -0.39 is 36.1 Å². The Labute approximate surface area is 323 Å². The summed E-state index contributed by atoms with van der Waals surface area (Å²) in [6, 6.07) is 37.3. The maximum absolute atomic E-state index is 14.6. The number of alkyl halides is 4. The molecule has 0 bridgehead atoms. The number of likely N-dealkylation sites (tertiary alicyclic amines) is 1. The number of fused-ring (bicyclic) bond motifs is 3. The minimum absolute atomic E-state index is 0.164. The van der Waals surface area contributed by atoms with Gasteiger partial charge >= 0.3 is 11.9 Å². The van der Waals surface area contributed by atoms with Crippen LogP contribution in [-0.4, -0.2) is 72.6 Å². The number of oxazole rings is 1. The van der Waals surface area contributed by atoms with Crippen LogP contribution in [0.25, 0.3) is 11.1 Å². The molecule has 11 heteroatoms. The van der Waals surface area contributed by atoms with Crippen LogP contribution in [0.2, 0.25) is 0 Å². The maximum Gasteiger partial charge on any atom is 0.421 e. The Morgan fingerprint density at radius 3 is 1.96 bits per heavy atom. The summed E-state index contributed by atoms with van der Waals surface area (Å²) >= 11 is 0. The van der Waals surface area contributed by atoms with Crippen molar-refractivity contribution in [2.45, 2.75) is 49.6 Å². The van der Waals surface area contributed by atoms with E-state index in [0.29, 0.717) is 46.5 Å². The Kier molecular flexibility index (Phi) is 10.2. The number of aromatic nitrogens is 1. The molecule has 0 radical (unpaired) electrons. The van der Waals surface area contributed by atoms with Gasteiger partial charge in [-0.25, -0.2) is 4.79 Å². The fourth-order valence-corrected chi connectivity index (χ4v) is 8.90. The topological polar surface area (TPSA) is 62.9 Å². The molecule has 56 heavy (non-hydrogen) atoms. The first-order valence-electron chi connectivity index (χ1n) is 19.0. The van der Waals surface area contributed by atoms with E-state index in [4.69, 9.17) is 9.15 Å². The highest BCUT2D eigenvalue weighted by Crippen LogP contribution is 2.47. The van der Waals surface area contributed by atoms with E-state index in [1.54, 1.807) is 11.5 Å². The lowest BCUT2D eigenvalue weighted by Gasteiger charge is -2.43. The van der Waals surface area contributed by atoms with Crippen molar-refractivity contribution in [3.05, 3.63) is 165 Å². The second-order valence-electron chi connectivity index (χ2n) is 14.8. The van der Waals surface area contributed by atoms with Crippen molar-refractivity contribution >= 4 is 16.8 Å². The van der Waals surface area contributed by atoms with Crippen LogP contribution < -0.4 is 15.8 Å². The summed E-state index contributed by atoms with van der Waals surface area (Å²) in [5.41, 5.74) is 4.92. The molecule has 1 aromatic heterocycles. The van der Waals surface area contributed by atoms with Crippen LogP contribution >= 0.6 is 0 Å². The first kappa shape index (κ1) is 37.5. The van der Waals surface area contributed by atoms with E-state index in [1.807, 2.05) is 121 Å². The average molecular weight is 765 g/mol. The van der Waals surface area contributed by atoms with Crippen molar-refractivity contribution in [1.82, 2.24) is 14.4 Å². The monoisotopic (exact) mass is 764 g/mol. The third-order valence-electron chi connectivity index (χ3n) is 11.3. The lowest BCUT2D eigenvalue weighted by Crippen LogP contribution is -2.54. The number of hydrogen-bond acceptors (Lipinski definition) is 6. The molecule has 0 aliphatic carbocycles. The Bertz CT molecular complexity index is 2240. The second kappa shape index (κ2) is 15.3. The van der Waals surface area contributed by atoms with E-state index in [0.717, 1.165) is 35.5 Å². The predicted molar refractivity (Wildman–Crippen MR) is 210 cm³/mol. The molecular formula is C45H44F4N4O3. The van der Waals surface area contributed by atoms with Crippen LogP contribution in [0, 0.1) is 0 Å². The summed E-state index contributed by atoms with van der Waals surface area (Å²) in [6.07, 6.45) is -3.75. The molecule has 2 aliphatic rings. The van der Waals surface area contributed by atoms with Gasteiger partial charge in [0.15, 0.2) is 5.58 Å². The zero-order chi connectivity index (χ0) is 39.0. The maximum atomic E-state index is 14.6. The Balaban J connectivity index is 1.29.